The highest BCUT2D eigenvalue weighted by molar-refractivity contribution is 7.92. The molecule has 0 aliphatic heterocycles. The first-order valence-corrected chi connectivity index (χ1v) is 7.25. The predicted octanol–water partition coefficient (Wildman–Crippen LogP) is 1.01. The van der Waals surface area contributed by atoms with Crippen LogP contribution in [0.4, 0.5) is 5.95 Å². The van der Waals surface area contributed by atoms with Gasteiger partial charge in [-0.3, -0.25) is 0 Å². The molecule has 2 aromatic rings. The van der Waals surface area contributed by atoms with Gasteiger partial charge < -0.3 is 9.47 Å². The first kappa shape index (κ1) is 14.1. The van der Waals surface area contributed by atoms with Crippen LogP contribution in [0.5, 0.6) is 11.8 Å². The van der Waals surface area contributed by atoms with Gasteiger partial charge in [0.1, 0.15) is 5.75 Å². The van der Waals surface area contributed by atoms with Crippen molar-refractivity contribution >= 4 is 16.0 Å². The van der Waals surface area contributed by atoms with E-state index in [4.69, 9.17) is 9.47 Å². The van der Waals surface area contributed by atoms with Crippen LogP contribution in [0.25, 0.3) is 0 Å². The lowest BCUT2D eigenvalue weighted by molar-refractivity contribution is 0.340. The molecule has 9 heteroatoms. The summed E-state index contributed by atoms with van der Waals surface area (Å²) in [5.74, 6) is 0.587. The van der Waals surface area contributed by atoms with Gasteiger partial charge in [-0.25, -0.2) is 18.2 Å². The number of aromatic nitrogens is 3. The summed E-state index contributed by atoms with van der Waals surface area (Å²) in [4.78, 5) is 3.88. The molecule has 0 aliphatic rings. The Morgan fingerprint density at radius 3 is 2.55 bits per heavy atom. The molecule has 2 N–H and O–H groups in total. The molecule has 0 saturated carbocycles. The van der Waals surface area contributed by atoms with Crippen molar-refractivity contribution in [2.24, 2.45) is 0 Å². The van der Waals surface area contributed by atoms with Crippen LogP contribution in [0.3, 0.4) is 0 Å². The zero-order valence-corrected chi connectivity index (χ0v) is 11.8. The third-order valence-corrected chi connectivity index (χ3v) is 3.68. The van der Waals surface area contributed by atoms with Crippen molar-refractivity contribution in [3.63, 3.8) is 0 Å². The summed E-state index contributed by atoms with van der Waals surface area (Å²) in [6, 6.07) is 6.11. The highest BCUT2D eigenvalue weighted by atomic mass is 32.2. The molecule has 1 heterocycles. The van der Waals surface area contributed by atoms with E-state index in [0.717, 1.165) is 0 Å². The summed E-state index contributed by atoms with van der Waals surface area (Å²) in [6.45, 7) is 2.37. The van der Waals surface area contributed by atoms with Crippen LogP contribution in [-0.2, 0) is 10.0 Å². The van der Waals surface area contributed by atoms with Crippen molar-refractivity contribution in [1.29, 1.82) is 0 Å². The van der Waals surface area contributed by atoms with E-state index in [2.05, 4.69) is 19.9 Å². The second-order valence-electron chi connectivity index (χ2n) is 3.68. The minimum Gasteiger partial charge on any atom is -0.494 e. The first-order valence-electron chi connectivity index (χ1n) is 5.77. The van der Waals surface area contributed by atoms with Gasteiger partial charge in [0.05, 0.1) is 18.6 Å². The fraction of sp³-hybridized carbons (Fsp3) is 0.273. The van der Waals surface area contributed by atoms with E-state index < -0.39 is 10.0 Å². The zero-order valence-electron chi connectivity index (χ0n) is 11.0. The Morgan fingerprint density at radius 1 is 1.30 bits per heavy atom. The van der Waals surface area contributed by atoms with Gasteiger partial charge in [-0.15, -0.1) is 5.10 Å². The third-order valence-electron chi connectivity index (χ3n) is 2.32. The number of hydrogen-bond donors (Lipinski definition) is 2. The molecule has 0 spiro atoms. The van der Waals surface area contributed by atoms with Crippen LogP contribution in [-0.4, -0.2) is 37.3 Å². The molecule has 0 saturated heterocycles. The fourth-order valence-corrected chi connectivity index (χ4v) is 2.41. The number of H-pyrrole nitrogens is 1. The van der Waals surface area contributed by atoms with E-state index in [1.807, 2.05) is 6.92 Å². The van der Waals surface area contributed by atoms with Crippen molar-refractivity contribution in [1.82, 2.24) is 15.2 Å². The monoisotopic (exact) mass is 298 g/mol. The number of nitrogens with zero attached hydrogens (tertiary/aromatic N) is 2. The van der Waals surface area contributed by atoms with Gasteiger partial charge in [0.25, 0.3) is 10.0 Å². The molecule has 108 valence electrons. The Labute approximate surface area is 116 Å². The zero-order chi connectivity index (χ0) is 14.6. The number of aromatic amines is 1. The van der Waals surface area contributed by atoms with Crippen LogP contribution in [0.1, 0.15) is 6.92 Å². The first-order chi connectivity index (χ1) is 9.55. The molecule has 0 aliphatic carbocycles. The van der Waals surface area contributed by atoms with Gasteiger partial charge in [-0.2, -0.15) is 4.98 Å². The van der Waals surface area contributed by atoms with Crippen molar-refractivity contribution in [3.05, 3.63) is 24.3 Å². The maximum atomic E-state index is 12.1. The number of rotatable bonds is 6. The summed E-state index contributed by atoms with van der Waals surface area (Å²) in [5.41, 5.74) is 0. The van der Waals surface area contributed by atoms with E-state index in [1.165, 1.54) is 19.2 Å². The number of sulfonamides is 1. The summed E-state index contributed by atoms with van der Waals surface area (Å²) in [5, 5.41) is 6.06. The standard InChI is InChI=1S/C11H14N4O4S/c1-3-19-8-4-6-9(7-5-8)20(16,17)15-10-12-11(18-2)14-13-10/h4-7H,3H2,1-2H3,(H2,12,13,14,15). The third kappa shape index (κ3) is 3.18. The van der Waals surface area contributed by atoms with Gasteiger partial charge >= 0.3 is 6.01 Å². The van der Waals surface area contributed by atoms with Crippen LogP contribution >= 0.6 is 0 Å². The molecular weight excluding hydrogens is 284 g/mol. The largest absolute Gasteiger partial charge is 0.494 e. The van der Waals surface area contributed by atoms with Crippen molar-refractivity contribution in [3.8, 4) is 11.8 Å². The van der Waals surface area contributed by atoms with Gasteiger partial charge in [0.15, 0.2) is 0 Å². The van der Waals surface area contributed by atoms with Crippen molar-refractivity contribution in [2.75, 3.05) is 18.4 Å². The normalized spacial score (nSPS) is 11.1. The molecule has 1 aromatic carbocycles. The van der Waals surface area contributed by atoms with E-state index in [1.54, 1.807) is 12.1 Å². The van der Waals surface area contributed by atoms with Gasteiger partial charge in [-0.05, 0) is 31.2 Å². The number of benzene rings is 1. The average Bonchev–Trinajstić information content (AvgIpc) is 2.87. The lowest BCUT2D eigenvalue weighted by Gasteiger charge is -2.06. The summed E-state index contributed by atoms with van der Waals surface area (Å²) in [7, 11) is -2.35. The second kappa shape index (κ2) is 5.78. The molecule has 0 amide bonds. The summed E-state index contributed by atoms with van der Waals surface area (Å²) in [6.07, 6.45) is 0. The van der Waals surface area contributed by atoms with Crippen LogP contribution < -0.4 is 14.2 Å². The lowest BCUT2D eigenvalue weighted by atomic mass is 10.3. The Hall–Kier alpha value is -2.29. The van der Waals surface area contributed by atoms with Crippen LogP contribution in [0.2, 0.25) is 0 Å². The summed E-state index contributed by atoms with van der Waals surface area (Å²) < 4.78 is 36.4. The maximum absolute atomic E-state index is 12.1. The smallest absolute Gasteiger partial charge is 0.336 e. The quantitative estimate of drug-likeness (QED) is 0.824. The Bertz CT molecular complexity index is 666. The maximum Gasteiger partial charge on any atom is 0.336 e. The minimum absolute atomic E-state index is 0.0178. The highest BCUT2D eigenvalue weighted by Gasteiger charge is 2.16. The molecule has 1 aromatic heterocycles. The lowest BCUT2D eigenvalue weighted by Crippen LogP contribution is -2.14. The number of methoxy groups -OCH3 is 1. The molecule has 0 radical (unpaired) electrons. The number of anilines is 1. The number of nitrogens with one attached hydrogen (secondary N) is 2. The Morgan fingerprint density at radius 2 is 2.00 bits per heavy atom. The Kier molecular flexibility index (Phi) is 4.08. The SMILES string of the molecule is CCOc1ccc(S(=O)(=O)Nc2nc(OC)n[nH]2)cc1. The van der Waals surface area contributed by atoms with E-state index in [0.29, 0.717) is 12.4 Å². The molecular formula is C11H14N4O4S. The minimum atomic E-state index is -3.73. The second-order valence-corrected chi connectivity index (χ2v) is 5.36. The molecule has 0 bridgehead atoms. The van der Waals surface area contributed by atoms with Crippen molar-refractivity contribution in [2.45, 2.75) is 11.8 Å². The molecule has 0 atom stereocenters. The van der Waals surface area contributed by atoms with E-state index in [-0.39, 0.29) is 16.9 Å². The topological polar surface area (TPSA) is 106 Å². The average molecular weight is 298 g/mol. The van der Waals surface area contributed by atoms with E-state index in [9.17, 15) is 8.42 Å². The van der Waals surface area contributed by atoms with E-state index >= 15 is 0 Å². The molecule has 20 heavy (non-hydrogen) atoms. The van der Waals surface area contributed by atoms with Gasteiger partial charge in [0.2, 0.25) is 5.95 Å². The van der Waals surface area contributed by atoms with Gasteiger partial charge in [0, 0.05) is 0 Å². The molecule has 0 fully saturated rings. The van der Waals surface area contributed by atoms with Crippen molar-refractivity contribution < 1.29 is 17.9 Å². The van der Waals surface area contributed by atoms with Gasteiger partial charge in [-0.1, -0.05) is 0 Å². The highest BCUT2D eigenvalue weighted by Crippen LogP contribution is 2.18. The molecule has 8 nitrogen and oxygen atoms in total. The Balaban J connectivity index is 2.17. The number of ether oxygens (including phenoxy) is 2. The molecule has 0 unspecified atom stereocenters. The fourth-order valence-electron chi connectivity index (χ4n) is 1.45. The summed E-state index contributed by atoms with van der Waals surface area (Å²) >= 11 is 0. The predicted molar refractivity (Wildman–Crippen MR) is 71.4 cm³/mol. The van der Waals surface area contributed by atoms with Crippen LogP contribution in [0.15, 0.2) is 29.2 Å². The van der Waals surface area contributed by atoms with Crippen LogP contribution in [0, 0.1) is 0 Å². The molecule has 2 rings (SSSR count). The number of hydrogen-bond acceptors (Lipinski definition) is 6.